The van der Waals surface area contributed by atoms with Crippen molar-refractivity contribution in [2.24, 2.45) is 0 Å². The Balaban J connectivity index is 2.52. The van der Waals surface area contributed by atoms with Crippen molar-refractivity contribution in [2.75, 3.05) is 32.0 Å². The summed E-state index contributed by atoms with van der Waals surface area (Å²) in [7, 11) is 2.11. The summed E-state index contributed by atoms with van der Waals surface area (Å²) in [4.78, 5) is 11.1. The highest BCUT2D eigenvalue weighted by molar-refractivity contribution is 9.10. The zero-order valence-electron chi connectivity index (χ0n) is 10.8. The van der Waals surface area contributed by atoms with Gasteiger partial charge in [0.05, 0.1) is 0 Å². The van der Waals surface area contributed by atoms with Gasteiger partial charge in [-0.15, -0.1) is 0 Å². The molecule has 5 heteroatoms. The fourth-order valence-electron chi connectivity index (χ4n) is 1.42. The van der Waals surface area contributed by atoms with Gasteiger partial charge in [0.2, 0.25) is 0 Å². The molecule has 0 aliphatic carbocycles. The molecule has 0 atom stereocenters. The van der Waals surface area contributed by atoms with Crippen molar-refractivity contribution in [1.29, 1.82) is 0 Å². The maximum atomic E-state index is 4.48. The van der Waals surface area contributed by atoms with Gasteiger partial charge in [-0.1, -0.05) is 13.8 Å². The van der Waals surface area contributed by atoms with E-state index in [9.17, 15) is 0 Å². The third-order valence-electron chi connectivity index (χ3n) is 2.55. The Labute approximate surface area is 112 Å². The molecule has 1 rings (SSSR count). The van der Waals surface area contributed by atoms with E-state index in [4.69, 9.17) is 0 Å². The van der Waals surface area contributed by atoms with Crippen LogP contribution in [0, 0.1) is 0 Å². The lowest BCUT2D eigenvalue weighted by atomic mass is 10.3. The molecule has 17 heavy (non-hydrogen) atoms. The van der Waals surface area contributed by atoms with Crippen LogP contribution in [0.4, 0.5) is 5.82 Å². The molecule has 1 heterocycles. The summed E-state index contributed by atoms with van der Waals surface area (Å²) in [6.07, 6.45) is 1.98. The van der Waals surface area contributed by atoms with E-state index in [0.717, 1.165) is 48.7 Å². The van der Waals surface area contributed by atoms with Gasteiger partial charge >= 0.3 is 0 Å². The maximum Gasteiger partial charge on any atom is 0.132 e. The Hall–Kier alpha value is -0.680. The number of aryl methyl sites for hydroxylation is 1. The van der Waals surface area contributed by atoms with Gasteiger partial charge in [0.1, 0.15) is 16.2 Å². The van der Waals surface area contributed by atoms with Gasteiger partial charge in [0.25, 0.3) is 0 Å². The van der Waals surface area contributed by atoms with E-state index >= 15 is 0 Å². The molecule has 0 saturated heterocycles. The number of halogens is 1. The van der Waals surface area contributed by atoms with Gasteiger partial charge in [-0.2, -0.15) is 0 Å². The third kappa shape index (κ3) is 5.46. The van der Waals surface area contributed by atoms with E-state index in [2.05, 4.69) is 57.0 Å². The van der Waals surface area contributed by atoms with Crippen molar-refractivity contribution in [3.05, 3.63) is 16.5 Å². The molecular formula is C12H21BrN4. The predicted molar refractivity (Wildman–Crippen MR) is 75.4 cm³/mol. The van der Waals surface area contributed by atoms with Crippen molar-refractivity contribution >= 4 is 21.7 Å². The van der Waals surface area contributed by atoms with E-state index in [1.807, 2.05) is 6.07 Å². The zero-order chi connectivity index (χ0) is 12.7. The van der Waals surface area contributed by atoms with Crippen LogP contribution in [-0.4, -0.2) is 41.5 Å². The van der Waals surface area contributed by atoms with Gasteiger partial charge in [-0.05, 0) is 35.9 Å². The first kappa shape index (κ1) is 14.4. The van der Waals surface area contributed by atoms with Crippen molar-refractivity contribution in [1.82, 2.24) is 14.9 Å². The quantitative estimate of drug-likeness (QED) is 0.786. The highest BCUT2D eigenvalue weighted by Gasteiger charge is 2.02. The second-order valence-corrected chi connectivity index (χ2v) is 4.88. The van der Waals surface area contributed by atoms with E-state index in [0.29, 0.717) is 0 Å². The zero-order valence-corrected chi connectivity index (χ0v) is 12.4. The summed E-state index contributed by atoms with van der Waals surface area (Å²) in [6, 6.07) is 1.92. The summed E-state index contributed by atoms with van der Waals surface area (Å²) in [5, 5.41) is 3.33. The van der Waals surface area contributed by atoms with Crippen LogP contribution in [0.25, 0.3) is 0 Å². The van der Waals surface area contributed by atoms with Crippen molar-refractivity contribution in [3.8, 4) is 0 Å². The highest BCUT2D eigenvalue weighted by Crippen LogP contribution is 2.13. The SMILES string of the molecule is CCCc1nc(Br)cc(NCCN(C)CC)n1. The van der Waals surface area contributed by atoms with Gasteiger partial charge in [0.15, 0.2) is 0 Å². The molecule has 1 N–H and O–H groups in total. The summed E-state index contributed by atoms with van der Waals surface area (Å²) in [5.74, 6) is 1.80. The molecule has 0 spiro atoms. The Morgan fingerprint density at radius 1 is 1.35 bits per heavy atom. The largest absolute Gasteiger partial charge is 0.369 e. The molecule has 0 aromatic carbocycles. The lowest BCUT2D eigenvalue weighted by Crippen LogP contribution is -2.25. The van der Waals surface area contributed by atoms with Crippen LogP contribution in [0.5, 0.6) is 0 Å². The van der Waals surface area contributed by atoms with E-state index in [-0.39, 0.29) is 0 Å². The molecule has 0 fully saturated rings. The number of hydrogen-bond donors (Lipinski definition) is 1. The van der Waals surface area contributed by atoms with Crippen LogP contribution in [-0.2, 0) is 6.42 Å². The molecule has 0 amide bonds. The van der Waals surface area contributed by atoms with Crippen molar-refractivity contribution in [2.45, 2.75) is 26.7 Å². The van der Waals surface area contributed by atoms with E-state index in [1.165, 1.54) is 0 Å². The number of likely N-dealkylation sites (N-methyl/N-ethyl adjacent to an activating group) is 1. The van der Waals surface area contributed by atoms with E-state index < -0.39 is 0 Å². The highest BCUT2D eigenvalue weighted by atomic mass is 79.9. The molecule has 0 aliphatic rings. The summed E-state index contributed by atoms with van der Waals surface area (Å²) in [6.45, 7) is 7.27. The first-order chi connectivity index (χ1) is 8.15. The minimum atomic E-state index is 0.849. The Morgan fingerprint density at radius 2 is 2.12 bits per heavy atom. The smallest absolute Gasteiger partial charge is 0.132 e. The number of nitrogens with zero attached hydrogens (tertiary/aromatic N) is 3. The average Bonchev–Trinajstić information content (AvgIpc) is 2.28. The van der Waals surface area contributed by atoms with Crippen LogP contribution in [0.1, 0.15) is 26.1 Å². The van der Waals surface area contributed by atoms with Crippen molar-refractivity contribution in [3.63, 3.8) is 0 Å². The standard InChI is InChI=1S/C12H21BrN4/c1-4-6-11-15-10(13)9-12(16-11)14-7-8-17(3)5-2/h9H,4-8H2,1-3H3,(H,14,15,16). The van der Waals surface area contributed by atoms with Crippen LogP contribution in [0.3, 0.4) is 0 Å². The van der Waals surface area contributed by atoms with E-state index in [1.54, 1.807) is 0 Å². The molecule has 0 unspecified atom stereocenters. The van der Waals surface area contributed by atoms with Crippen LogP contribution < -0.4 is 5.32 Å². The van der Waals surface area contributed by atoms with Crippen molar-refractivity contribution < 1.29 is 0 Å². The molecule has 0 saturated carbocycles. The monoisotopic (exact) mass is 300 g/mol. The molecule has 96 valence electrons. The Morgan fingerprint density at radius 3 is 2.76 bits per heavy atom. The summed E-state index contributed by atoms with van der Waals surface area (Å²) >= 11 is 3.42. The Bertz CT molecular complexity index is 343. The fraction of sp³-hybridized carbons (Fsp3) is 0.667. The van der Waals surface area contributed by atoms with Gasteiger partial charge in [0, 0.05) is 25.6 Å². The molecule has 0 aliphatic heterocycles. The van der Waals surface area contributed by atoms with Gasteiger partial charge < -0.3 is 10.2 Å². The molecule has 4 nitrogen and oxygen atoms in total. The molecule has 0 radical (unpaired) electrons. The topological polar surface area (TPSA) is 41.1 Å². The van der Waals surface area contributed by atoms with Crippen LogP contribution >= 0.6 is 15.9 Å². The minimum Gasteiger partial charge on any atom is -0.369 e. The second-order valence-electron chi connectivity index (χ2n) is 4.06. The normalized spacial score (nSPS) is 10.9. The maximum absolute atomic E-state index is 4.48. The van der Waals surface area contributed by atoms with Gasteiger partial charge in [-0.25, -0.2) is 9.97 Å². The number of anilines is 1. The predicted octanol–water partition coefficient (Wildman–Crippen LogP) is 2.56. The first-order valence-corrected chi connectivity index (χ1v) is 6.90. The molecule has 1 aromatic rings. The Kier molecular flexibility index (Phi) is 6.44. The number of hydrogen-bond acceptors (Lipinski definition) is 4. The number of nitrogens with one attached hydrogen (secondary N) is 1. The lowest BCUT2D eigenvalue weighted by Gasteiger charge is -2.14. The fourth-order valence-corrected chi connectivity index (χ4v) is 1.85. The molecule has 0 bridgehead atoms. The molecular weight excluding hydrogens is 280 g/mol. The summed E-state index contributed by atoms with van der Waals surface area (Å²) in [5.41, 5.74) is 0. The van der Waals surface area contributed by atoms with Crippen LogP contribution in [0.2, 0.25) is 0 Å². The second kappa shape index (κ2) is 7.61. The number of rotatable bonds is 7. The minimum absolute atomic E-state index is 0.849. The first-order valence-electron chi connectivity index (χ1n) is 6.11. The van der Waals surface area contributed by atoms with Crippen LogP contribution in [0.15, 0.2) is 10.7 Å². The number of aromatic nitrogens is 2. The third-order valence-corrected chi connectivity index (χ3v) is 2.96. The average molecular weight is 301 g/mol. The molecule has 1 aromatic heterocycles. The summed E-state index contributed by atoms with van der Waals surface area (Å²) < 4.78 is 0.849. The lowest BCUT2D eigenvalue weighted by molar-refractivity contribution is 0.367. The van der Waals surface area contributed by atoms with Gasteiger partial charge in [-0.3, -0.25) is 0 Å².